The maximum absolute atomic E-state index is 5.83. The van der Waals surface area contributed by atoms with Gasteiger partial charge in [-0.05, 0) is 24.6 Å². The Balaban J connectivity index is 2.44. The van der Waals surface area contributed by atoms with E-state index in [2.05, 4.69) is 6.58 Å². The third-order valence-corrected chi connectivity index (χ3v) is 2.82. The van der Waals surface area contributed by atoms with Crippen molar-refractivity contribution in [1.82, 2.24) is 0 Å². The Bertz CT molecular complexity index is 390. The van der Waals surface area contributed by atoms with Crippen LogP contribution in [0, 0.1) is 0 Å². The van der Waals surface area contributed by atoms with Crippen molar-refractivity contribution in [2.24, 2.45) is 0 Å². The fourth-order valence-corrected chi connectivity index (χ4v) is 1.91. The lowest BCUT2D eigenvalue weighted by molar-refractivity contribution is 0.258. The van der Waals surface area contributed by atoms with Crippen molar-refractivity contribution in [3.8, 4) is 17.2 Å². The molecule has 0 N–H and O–H groups in total. The van der Waals surface area contributed by atoms with Gasteiger partial charge >= 0.3 is 0 Å². The predicted molar refractivity (Wildman–Crippen MR) is 62.5 cm³/mol. The summed E-state index contributed by atoms with van der Waals surface area (Å²) >= 11 is 0. The van der Waals surface area contributed by atoms with E-state index in [0.717, 1.165) is 34.8 Å². The molecule has 3 nitrogen and oxygen atoms in total. The molecule has 0 spiro atoms. The average Bonchev–Trinajstić information content (AvgIpc) is 2.72. The number of hydrogen-bond donors (Lipinski definition) is 0. The van der Waals surface area contributed by atoms with Gasteiger partial charge in [0.25, 0.3) is 0 Å². The summed E-state index contributed by atoms with van der Waals surface area (Å²) < 4.78 is 16.4. The summed E-state index contributed by atoms with van der Waals surface area (Å²) in [5, 5.41) is 0. The topological polar surface area (TPSA) is 27.7 Å². The highest BCUT2D eigenvalue weighted by Crippen LogP contribution is 2.44. The summed E-state index contributed by atoms with van der Waals surface area (Å²) in [5.74, 6) is 2.38. The molecule has 1 aliphatic heterocycles. The maximum atomic E-state index is 5.83. The van der Waals surface area contributed by atoms with Crippen LogP contribution in [-0.4, -0.2) is 20.3 Å². The van der Waals surface area contributed by atoms with Gasteiger partial charge in [-0.1, -0.05) is 6.58 Å². The molecule has 1 aromatic rings. The highest BCUT2D eigenvalue weighted by molar-refractivity contribution is 5.57. The molecular formula is C13H16O3. The van der Waals surface area contributed by atoms with E-state index < -0.39 is 0 Å². The lowest BCUT2D eigenvalue weighted by atomic mass is 10.0. The van der Waals surface area contributed by atoms with Gasteiger partial charge in [-0.2, -0.15) is 0 Å². The second-order valence-corrected chi connectivity index (χ2v) is 3.93. The summed E-state index contributed by atoms with van der Waals surface area (Å²) in [4.78, 5) is 0. The zero-order valence-electron chi connectivity index (χ0n) is 9.87. The van der Waals surface area contributed by atoms with Crippen molar-refractivity contribution < 1.29 is 14.2 Å². The first-order valence-corrected chi connectivity index (χ1v) is 5.23. The average molecular weight is 220 g/mol. The van der Waals surface area contributed by atoms with E-state index in [0.29, 0.717) is 0 Å². The van der Waals surface area contributed by atoms with Crippen molar-refractivity contribution in [3.05, 3.63) is 29.8 Å². The minimum absolute atomic E-state index is 0.0280. The van der Waals surface area contributed by atoms with Crippen molar-refractivity contribution >= 4 is 0 Å². The van der Waals surface area contributed by atoms with Gasteiger partial charge in [0.05, 0.1) is 14.2 Å². The van der Waals surface area contributed by atoms with Crippen LogP contribution in [0.2, 0.25) is 0 Å². The SMILES string of the molecule is C=C(C)C1Cc2c(OC)ccc(OC)c2O1. The zero-order chi connectivity index (χ0) is 11.7. The second-order valence-electron chi connectivity index (χ2n) is 3.93. The Kier molecular flexibility index (Phi) is 2.77. The van der Waals surface area contributed by atoms with Gasteiger partial charge < -0.3 is 14.2 Å². The molecule has 3 heteroatoms. The summed E-state index contributed by atoms with van der Waals surface area (Å²) in [6, 6.07) is 3.76. The Morgan fingerprint density at radius 2 is 1.94 bits per heavy atom. The normalized spacial score (nSPS) is 17.6. The van der Waals surface area contributed by atoms with Crippen LogP contribution in [-0.2, 0) is 6.42 Å². The molecule has 1 heterocycles. The van der Waals surface area contributed by atoms with Crippen LogP contribution in [0.3, 0.4) is 0 Å². The molecular weight excluding hydrogens is 204 g/mol. The Morgan fingerprint density at radius 1 is 1.31 bits per heavy atom. The minimum atomic E-state index is 0.0280. The third kappa shape index (κ3) is 1.62. The Morgan fingerprint density at radius 3 is 2.50 bits per heavy atom. The van der Waals surface area contributed by atoms with Gasteiger partial charge in [0.15, 0.2) is 11.5 Å². The highest BCUT2D eigenvalue weighted by Gasteiger charge is 2.29. The molecule has 0 amide bonds. The highest BCUT2D eigenvalue weighted by atomic mass is 16.5. The molecule has 86 valence electrons. The van der Waals surface area contributed by atoms with Gasteiger partial charge in [-0.25, -0.2) is 0 Å². The van der Waals surface area contributed by atoms with E-state index in [1.807, 2.05) is 19.1 Å². The standard InChI is InChI=1S/C13H16O3/c1-8(2)12-7-9-10(14-3)5-6-11(15-4)13(9)16-12/h5-6,12H,1,7H2,2-4H3. The minimum Gasteiger partial charge on any atom is -0.496 e. The van der Waals surface area contributed by atoms with Crippen LogP contribution in [0.25, 0.3) is 0 Å². The molecule has 16 heavy (non-hydrogen) atoms. The first kappa shape index (κ1) is 10.9. The summed E-state index contributed by atoms with van der Waals surface area (Å²) in [6.45, 7) is 5.89. The fourth-order valence-electron chi connectivity index (χ4n) is 1.91. The second kappa shape index (κ2) is 4.08. The van der Waals surface area contributed by atoms with E-state index in [1.165, 1.54) is 0 Å². The van der Waals surface area contributed by atoms with Gasteiger partial charge in [-0.3, -0.25) is 0 Å². The van der Waals surface area contributed by atoms with Crippen LogP contribution in [0.1, 0.15) is 12.5 Å². The van der Waals surface area contributed by atoms with Gasteiger partial charge in [0, 0.05) is 12.0 Å². The Hall–Kier alpha value is -1.64. The van der Waals surface area contributed by atoms with E-state index >= 15 is 0 Å². The quantitative estimate of drug-likeness (QED) is 0.733. The van der Waals surface area contributed by atoms with Crippen LogP contribution in [0.4, 0.5) is 0 Å². The molecule has 1 aromatic carbocycles. The van der Waals surface area contributed by atoms with Crippen LogP contribution in [0.5, 0.6) is 17.2 Å². The van der Waals surface area contributed by atoms with Crippen molar-refractivity contribution in [2.45, 2.75) is 19.4 Å². The number of rotatable bonds is 3. The molecule has 1 unspecified atom stereocenters. The number of ether oxygens (including phenoxy) is 3. The molecule has 2 rings (SSSR count). The van der Waals surface area contributed by atoms with Crippen LogP contribution >= 0.6 is 0 Å². The van der Waals surface area contributed by atoms with E-state index in [4.69, 9.17) is 14.2 Å². The van der Waals surface area contributed by atoms with Gasteiger partial charge in [-0.15, -0.1) is 0 Å². The van der Waals surface area contributed by atoms with E-state index in [9.17, 15) is 0 Å². The molecule has 0 saturated heterocycles. The Labute approximate surface area is 95.6 Å². The van der Waals surface area contributed by atoms with E-state index in [-0.39, 0.29) is 6.10 Å². The molecule has 0 radical (unpaired) electrons. The number of methoxy groups -OCH3 is 2. The molecule has 0 aliphatic carbocycles. The van der Waals surface area contributed by atoms with Gasteiger partial charge in [0.2, 0.25) is 0 Å². The van der Waals surface area contributed by atoms with Crippen molar-refractivity contribution in [1.29, 1.82) is 0 Å². The van der Waals surface area contributed by atoms with Crippen molar-refractivity contribution in [3.63, 3.8) is 0 Å². The third-order valence-electron chi connectivity index (χ3n) is 2.82. The fraction of sp³-hybridized carbons (Fsp3) is 0.385. The largest absolute Gasteiger partial charge is 0.496 e. The number of fused-ring (bicyclic) bond motifs is 1. The number of benzene rings is 1. The molecule has 0 bridgehead atoms. The first-order valence-electron chi connectivity index (χ1n) is 5.23. The summed E-state index contributed by atoms with van der Waals surface area (Å²) in [7, 11) is 3.30. The molecule has 1 atom stereocenters. The zero-order valence-corrected chi connectivity index (χ0v) is 9.87. The van der Waals surface area contributed by atoms with E-state index in [1.54, 1.807) is 14.2 Å². The number of hydrogen-bond acceptors (Lipinski definition) is 3. The summed E-state index contributed by atoms with van der Waals surface area (Å²) in [5.41, 5.74) is 2.08. The maximum Gasteiger partial charge on any atom is 0.169 e. The monoisotopic (exact) mass is 220 g/mol. The first-order chi connectivity index (χ1) is 7.67. The molecule has 0 aromatic heterocycles. The molecule has 0 fully saturated rings. The smallest absolute Gasteiger partial charge is 0.169 e. The van der Waals surface area contributed by atoms with Crippen LogP contribution in [0.15, 0.2) is 24.3 Å². The lowest BCUT2D eigenvalue weighted by Gasteiger charge is -2.11. The molecule has 0 saturated carbocycles. The summed E-state index contributed by atoms with van der Waals surface area (Å²) in [6.07, 6.45) is 0.825. The van der Waals surface area contributed by atoms with Gasteiger partial charge in [0.1, 0.15) is 11.9 Å². The lowest BCUT2D eigenvalue weighted by Crippen LogP contribution is -2.13. The predicted octanol–water partition coefficient (Wildman–Crippen LogP) is 2.58. The van der Waals surface area contributed by atoms with Crippen LogP contribution < -0.4 is 14.2 Å². The van der Waals surface area contributed by atoms with Crippen molar-refractivity contribution in [2.75, 3.05) is 14.2 Å². The molecule has 1 aliphatic rings.